The number of rotatable bonds is 6. The summed E-state index contributed by atoms with van der Waals surface area (Å²) in [5, 5.41) is 4.05. The van der Waals surface area contributed by atoms with Gasteiger partial charge in [0.1, 0.15) is 7.11 Å². The van der Waals surface area contributed by atoms with E-state index in [0.29, 0.717) is 0 Å². The normalized spacial score (nSPS) is 22.7. The van der Waals surface area contributed by atoms with Crippen molar-refractivity contribution < 1.29 is 23.5 Å². The predicted molar refractivity (Wildman–Crippen MR) is 146 cm³/mol. The summed E-state index contributed by atoms with van der Waals surface area (Å²) in [6.45, 7) is 16.5. The number of benzene rings is 2. The second-order valence-corrected chi connectivity index (χ2v) is 11.4. The van der Waals surface area contributed by atoms with E-state index in [4.69, 9.17) is 23.5 Å². The van der Waals surface area contributed by atoms with E-state index in [1.807, 2.05) is 42.5 Å². The molecule has 0 atom stereocenters. The van der Waals surface area contributed by atoms with Crippen molar-refractivity contribution in [3.63, 3.8) is 0 Å². The minimum absolute atomic E-state index is 0.518. The molecule has 2 aliphatic rings. The van der Waals surface area contributed by atoms with Crippen molar-refractivity contribution in [1.82, 2.24) is 0 Å². The second kappa shape index (κ2) is 9.49. The molecule has 0 radical (unpaired) electrons. The van der Waals surface area contributed by atoms with Crippen LogP contribution in [-0.4, -0.2) is 50.0 Å². The van der Waals surface area contributed by atoms with Crippen molar-refractivity contribution in [3.05, 3.63) is 71.3 Å². The Morgan fingerprint density at radius 2 is 1.11 bits per heavy atom. The van der Waals surface area contributed by atoms with Crippen LogP contribution in [0.2, 0.25) is 0 Å². The van der Waals surface area contributed by atoms with Crippen LogP contribution in [0.25, 0.3) is 10.9 Å². The van der Waals surface area contributed by atoms with Crippen LogP contribution in [0.1, 0.15) is 72.1 Å². The molecule has 36 heavy (non-hydrogen) atoms. The Morgan fingerprint density at radius 3 is 1.61 bits per heavy atom. The van der Waals surface area contributed by atoms with Crippen LogP contribution in [0.4, 0.5) is 0 Å². The second-order valence-electron chi connectivity index (χ2n) is 11.4. The lowest BCUT2D eigenvalue weighted by molar-refractivity contribution is 0.00578. The van der Waals surface area contributed by atoms with E-state index in [0.717, 1.165) is 27.6 Å². The molecule has 190 valence electrons. The van der Waals surface area contributed by atoms with Crippen molar-refractivity contribution in [3.8, 4) is 0 Å². The standard InChI is InChI=1S/C28H37B2NO5/c1-25(2)26(3,4)34-29(33-25)23(20-15-11-10-12-16-20)24(30-35-27(5,6)28(7,8)36-30)22-18-14-13-17-21(22)19-31-32-9/h10-19H,1-9H3/b24-23-,31-19+. The first-order valence-electron chi connectivity index (χ1n) is 12.5. The zero-order valence-electron chi connectivity index (χ0n) is 22.9. The summed E-state index contributed by atoms with van der Waals surface area (Å²) in [5.74, 6) is 0. The Balaban J connectivity index is 2.03. The van der Waals surface area contributed by atoms with Gasteiger partial charge >= 0.3 is 14.2 Å². The molecule has 0 N–H and O–H groups in total. The fourth-order valence-corrected chi connectivity index (χ4v) is 4.32. The molecule has 0 saturated carbocycles. The van der Waals surface area contributed by atoms with Crippen LogP contribution in [0, 0.1) is 0 Å². The van der Waals surface area contributed by atoms with Gasteiger partial charge in [0.15, 0.2) is 0 Å². The molecule has 0 bridgehead atoms. The van der Waals surface area contributed by atoms with Gasteiger partial charge in [0.25, 0.3) is 0 Å². The highest BCUT2D eigenvalue weighted by atomic mass is 16.7. The molecule has 0 unspecified atom stereocenters. The van der Waals surface area contributed by atoms with E-state index in [1.165, 1.54) is 7.11 Å². The van der Waals surface area contributed by atoms with Crippen molar-refractivity contribution in [2.45, 2.75) is 77.8 Å². The summed E-state index contributed by atoms with van der Waals surface area (Å²) in [6.07, 6.45) is 1.70. The van der Waals surface area contributed by atoms with Crippen LogP contribution < -0.4 is 0 Å². The Hall–Kier alpha value is -2.38. The molecule has 0 amide bonds. The van der Waals surface area contributed by atoms with Crippen LogP contribution in [0.5, 0.6) is 0 Å². The summed E-state index contributed by atoms with van der Waals surface area (Å²) < 4.78 is 26.5. The lowest BCUT2D eigenvalue weighted by atomic mass is 9.60. The molecule has 6 nitrogen and oxygen atoms in total. The summed E-state index contributed by atoms with van der Waals surface area (Å²) in [7, 11) is 0.226. The fourth-order valence-electron chi connectivity index (χ4n) is 4.32. The molecule has 8 heteroatoms. The lowest BCUT2D eigenvalue weighted by Gasteiger charge is -2.32. The van der Waals surface area contributed by atoms with Gasteiger partial charge in [0, 0.05) is 5.56 Å². The molecule has 2 aromatic carbocycles. The van der Waals surface area contributed by atoms with Gasteiger partial charge in [-0.15, -0.1) is 0 Å². The molecule has 4 rings (SSSR count). The zero-order valence-corrected chi connectivity index (χ0v) is 22.9. The van der Waals surface area contributed by atoms with Crippen LogP contribution in [0.3, 0.4) is 0 Å². The van der Waals surface area contributed by atoms with Crippen LogP contribution >= 0.6 is 0 Å². The summed E-state index contributed by atoms with van der Waals surface area (Å²) >= 11 is 0. The smallest absolute Gasteiger partial charge is 0.399 e. The minimum Gasteiger partial charge on any atom is -0.399 e. The topological polar surface area (TPSA) is 58.5 Å². The molecule has 0 aromatic heterocycles. The maximum Gasteiger partial charge on any atom is 0.495 e. The number of oxime groups is 1. The molecular weight excluding hydrogens is 452 g/mol. The Bertz CT molecular complexity index is 1130. The first kappa shape index (κ1) is 26.7. The zero-order chi connectivity index (χ0) is 26.4. The lowest BCUT2D eigenvalue weighted by Crippen LogP contribution is -2.41. The Morgan fingerprint density at radius 1 is 0.667 bits per heavy atom. The average Bonchev–Trinajstić information content (AvgIpc) is 3.15. The predicted octanol–water partition coefficient (Wildman–Crippen LogP) is 5.84. The van der Waals surface area contributed by atoms with Crippen molar-refractivity contribution in [2.75, 3.05) is 7.11 Å². The third-order valence-corrected chi connectivity index (χ3v) is 7.90. The molecule has 0 spiro atoms. The third-order valence-electron chi connectivity index (χ3n) is 7.90. The molecule has 2 aliphatic heterocycles. The number of nitrogens with zero attached hydrogens (tertiary/aromatic N) is 1. The van der Waals surface area contributed by atoms with Gasteiger partial charge in [0.05, 0.1) is 28.6 Å². The first-order valence-corrected chi connectivity index (χ1v) is 12.5. The van der Waals surface area contributed by atoms with Gasteiger partial charge in [-0.25, -0.2) is 0 Å². The van der Waals surface area contributed by atoms with E-state index < -0.39 is 36.6 Å². The highest BCUT2D eigenvalue weighted by molar-refractivity contribution is 6.82. The van der Waals surface area contributed by atoms with Crippen LogP contribution in [0.15, 0.2) is 59.8 Å². The van der Waals surface area contributed by atoms with E-state index in [1.54, 1.807) is 6.21 Å². The van der Waals surface area contributed by atoms with E-state index in [2.05, 4.69) is 72.7 Å². The first-order chi connectivity index (χ1) is 16.8. The Kier molecular flexibility index (Phi) is 7.03. The summed E-state index contributed by atoms with van der Waals surface area (Å²) in [4.78, 5) is 5.01. The van der Waals surface area contributed by atoms with Gasteiger partial charge in [-0.1, -0.05) is 59.8 Å². The third kappa shape index (κ3) is 4.80. The molecule has 0 aliphatic carbocycles. The quantitative estimate of drug-likeness (QED) is 0.221. The van der Waals surface area contributed by atoms with Crippen molar-refractivity contribution in [2.24, 2.45) is 5.16 Å². The number of hydrogen-bond acceptors (Lipinski definition) is 6. The largest absolute Gasteiger partial charge is 0.495 e. The monoisotopic (exact) mass is 489 g/mol. The maximum absolute atomic E-state index is 6.64. The van der Waals surface area contributed by atoms with Crippen LogP contribution in [-0.2, 0) is 23.5 Å². The van der Waals surface area contributed by atoms with Gasteiger partial charge in [0.2, 0.25) is 0 Å². The molecule has 2 aromatic rings. The van der Waals surface area contributed by atoms with Crippen molar-refractivity contribution in [1.29, 1.82) is 0 Å². The summed E-state index contributed by atoms with van der Waals surface area (Å²) in [5.41, 5.74) is 2.36. The SMILES string of the molecule is CO/N=C/c1ccccc1/C(B1OC(C)(C)C(C)(C)O1)=C(/B1OC(C)(C)C(C)(C)O1)c1ccccc1. The molecule has 2 heterocycles. The minimum atomic E-state index is -0.665. The molecule has 2 saturated heterocycles. The van der Waals surface area contributed by atoms with Crippen molar-refractivity contribution >= 4 is 31.4 Å². The average molecular weight is 489 g/mol. The number of hydrogen-bond donors (Lipinski definition) is 0. The highest BCUT2D eigenvalue weighted by Gasteiger charge is 2.57. The summed E-state index contributed by atoms with van der Waals surface area (Å²) in [6, 6.07) is 18.2. The molecule has 2 fully saturated rings. The van der Waals surface area contributed by atoms with Gasteiger partial charge < -0.3 is 23.5 Å². The molecular formula is C28H37B2NO5. The fraction of sp³-hybridized carbons (Fsp3) is 0.464. The van der Waals surface area contributed by atoms with Gasteiger partial charge in [-0.05, 0) is 77.5 Å². The highest BCUT2D eigenvalue weighted by Crippen LogP contribution is 2.47. The van der Waals surface area contributed by atoms with Gasteiger partial charge in [-0.2, -0.15) is 0 Å². The van der Waals surface area contributed by atoms with E-state index in [-0.39, 0.29) is 0 Å². The van der Waals surface area contributed by atoms with E-state index >= 15 is 0 Å². The van der Waals surface area contributed by atoms with Gasteiger partial charge in [-0.3, -0.25) is 0 Å². The maximum atomic E-state index is 6.64. The van der Waals surface area contributed by atoms with E-state index in [9.17, 15) is 0 Å². The Labute approximate surface area is 216 Å².